The van der Waals surface area contributed by atoms with Crippen molar-refractivity contribution in [2.75, 3.05) is 33.2 Å². The average Bonchev–Trinajstić information content (AvgIpc) is 2.34. The third-order valence-corrected chi connectivity index (χ3v) is 4.20. The smallest absolute Gasteiger partial charge is 0.139 e. The zero-order valence-electron chi connectivity index (χ0n) is 11.7. The van der Waals surface area contributed by atoms with Gasteiger partial charge in [0, 0.05) is 36.3 Å². The lowest BCUT2D eigenvalue weighted by atomic mass is 10.1. The van der Waals surface area contributed by atoms with Gasteiger partial charge in [0.05, 0.1) is 12.4 Å². The van der Waals surface area contributed by atoms with Crippen LogP contribution >= 0.6 is 7.14 Å². The Labute approximate surface area is 113 Å². The summed E-state index contributed by atoms with van der Waals surface area (Å²) in [5, 5.41) is 0.538. The number of nitrogen functional groups attached to an aromatic ring is 1. The summed E-state index contributed by atoms with van der Waals surface area (Å²) >= 11 is 0. The molecule has 1 rings (SSSR count). The van der Waals surface area contributed by atoms with Crippen molar-refractivity contribution in [3.05, 3.63) is 23.9 Å². The molecule has 0 saturated carbocycles. The van der Waals surface area contributed by atoms with Crippen LogP contribution in [0.15, 0.2) is 23.3 Å². The standard InChI is InChI=1S/C13H20N3O2P/c1-16-8-9(7-14)10-5-6-11(15)13(12(10)18-2)19(3,4)17/h5-8H,14-15H2,1-4H3. The topological polar surface area (TPSA) is 90.7 Å². The van der Waals surface area contributed by atoms with Gasteiger partial charge in [0.2, 0.25) is 0 Å². The molecular weight excluding hydrogens is 261 g/mol. The molecule has 0 unspecified atom stereocenters. The molecule has 0 spiro atoms. The van der Waals surface area contributed by atoms with Gasteiger partial charge in [-0.1, -0.05) is 0 Å². The second-order valence-corrected chi connectivity index (χ2v) is 7.59. The fraction of sp³-hybridized carbons (Fsp3) is 0.308. The van der Waals surface area contributed by atoms with E-state index in [1.54, 1.807) is 38.7 Å². The summed E-state index contributed by atoms with van der Waals surface area (Å²) < 4.78 is 17.8. The molecule has 1 aromatic carbocycles. The van der Waals surface area contributed by atoms with Crippen LogP contribution in [0.5, 0.6) is 5.75 Å². The van der Waals surface area contributed by atoms with E-state index in [4.69, 9.17) is 16.2 Å². The van der Waals surface area contributed by atoms with Crippen LogP contribution < -0.4 is 21.5 Å². The molecule has 6 heteroatoms. The van der Waals surface area contributed by atoms with Crippen LogP contribution in [0.3, 0.4) is 0 Å². The zero-order chi connectivity index (χ0) is 14.6. The van der Waals surface area contributed by atoms with Crippen LogP contribution in [-0.2, 0) is 4.57 Å². The second-order valence-electron chi connectivity index (χ2n) is 4.44. The number of rotatable bonds is 4. The van der Waals surface area contributed by atoms with Gasteiger partial charge < -0.3 is 20.8 Å². The maximum atomic E-state index is 12.4. The minimum absolute atomic E-state index is 0.457. The lowest BCUT2D eigenvalue weighted by Crippen LogP contribution is -2.15. The van der Waals surface area contributed by atoms with Crippen LogP contribution in [0, 0.1) is 0 Å². The highest BCUT2D eigenvalue weighted by Gasteiger charge is 2.23. The third kappa shape index (κ3) is 3.18. The lowest BCUT2D eigenvalue weighted by molar-refractivity contribution is 0.417. The number of nitrogens with two attached hydrogens (primary N) is 2. The number of methoxy groups -OCH3 is 1. The molecule has 0 radical (unpaired) electrons. The molecule has 0 aliphatic heterocycles. The maximum Gasteiger partial charge on any atom is 0.139 e. The number of hydrogen-bond acceptors (Lipinski definition) is 5. The molecular formula is C13H20N3O2P. The summed E-state index contributed by atoms with van der Waals surface area (Å²) in [6, 6.07) is 3.49. The van der Waals surface area contributed by atoms with Gasteiger partial charge in [0.25, 0.3) is 0 Å². The Balaban J connectivity index is 3.66. The van der Waals surface area contributed by atoms with Crippen LogP contribution in [0.4, 0.5) is 5.69 Å². The van der Waals surface area contributed by atoms with Crippen molar-refractivity contribution in [1.29, 1.82) is 0 Å². The van der Waals surface area contributed by atoms with E-state index in [0.29, 0.717) is 22.3 Å². The van der Waals surface area contributed by atoms with Crippen LogP contribution in [0.1, 0.15) is 5.56 Å². The van der Waals surface area contributed by atoms with Crippen molar-refractivity contribution in [3.8, 4) is 5.75 Å². The lowest BCUT2D eigenvalue weighted by Gasteiger charge is -2.18. The van der Waals surface area contributed by atoms with E-state index in [1.807, 2.05) is 0 Å². The highest BCUT2D eigenvalue weighted by Crippen LogP contribution is 2.43. The van der Waals surface area contributed by atoms with E-state index >= 15 is 0 Å². The van der Waals surface area contributed by atoms with E-state index in [9.17, 15) is 4.57 Å². The van der Waals surface area contributed by atoms with Gasteiger partial charge in [-0.2, -0.15) is 0 Å². The minimum atomic E-state index is -2.57. The largest absolute Gasteiger partial charge is 0.495 e. The van der Waals surface area contributed by atoms with E-state index in [-0.39, 0.29) is 0 Å². The van der Waals surface area contributed by atoms with Gasteiger partial charge >= 0.3 is 0 Å². The first-order valence-electron chi connectivity index (χ1n) is 5.73. The van der Waals surface area contributed by atoms with Gasteiger partial charge in [-0.15, -0.1) is 0 Å². The van der Waals surface area contributed by atoms with Gasteiger partial charge in [-0.05, 0) is 25.5 Å². The first-order valence-corrected chi connectivity index (χ1v) is 8.33. The van der Waals surface area contributed by atoms with Crippen LogP contribution in [0.2, 0.25) is 0 Å². The Morgan fingerprint density at radius 1 is 1.42 bits per heavy atom. The summed E-state index contributed by atoms with van der Waals surface area (Å²) in [5.74, 6) is 0.491. The zero-order valence-corrected chi connectivity index (χ0v) is 12.6. The van der Waals surface area contributed by atoms with Crippen molar-refractivity contribution in [1.82, 2.24) is 0 Å². The van der Waals surface area contributed by atoms with Crippen molar-refractivity contribution in [2.24, 2.45) is 10.7 Å². The molecule has 0 amide bonds. The maximum absolute atomic E-state index is 12.4. The van der Waals surface area contributed by atoms with Gasteiger partial charge in [-0.3, -0.25) is 4.99 Å². The Morgan fingerprint density at radius 3 is 2.47 bits per heavy atom. The van der Waals surface area contributed by atoms with Crippen molar-refractivity contribution >= 4 is 29.9 Å². The number of benzene rings is 1. The predicted molar refractivity (Wildman–Crippen MR) is 83.1 cm³/mol. The summed E-state index contributed by atoms with van der Waals surface area (Å²) in [7, 11) is 0.606. The first-order chi connectivity index (χ1) is 8.86. The molecule has 0 aliphatic rings. The van der Waals surface area contributed by atoms with Crippen molar-refractivity contribution in [2.45, 2.75) is 0 Å². The fourth-order valence-electron chi connectivity index (χ4n) is 1.92. The highest BCUT2D eigenvalue weighted by atomic mass is 31.2. The summed E-state index contributed by atoms with van der Waals surface area (Å²) in [4.78, 5) is 3.94. The summed E-state index contributed by atoms with van der Waals surface area (Å²) in [6.07, 6.45) is 3.05. The molecule has 4 N–H and O–H groups in total. The van der Waals surface area contributed by atoms with Gasteiger partial charge in [0.15, 0.2) is 0 Å². The summed E-state index contributed by atoms with van der Waals surface area (Å²) in [6.45, 7) is 3.31. The highest BCUT2D eigenvalue weighted by molar-refractivity contribution is 7.70. The number of anilines is 1. The van der Waals surface area contributed by atoms with Gasteiger partial charge in [0.1, 0.15) is 12.9 Å². The molecule has 0 heterocycles. The predicted octanol–water partition coefficient (Wildman–Crippen LogP) is 1.53. The SMILES string of the molecule is CN=CC(=CN)c1ccc(N)c(P(C)(C)=O)c1OC. The Bertz CT molecular complexity index is 573. The molecule has 5 nitrogen and oxygen atoms in total. The quantitative estimate of drug-likeness (QED) is 0.497. The minimum Gasteiger partial charge on any atom is -0.495 e. The Kier molecular flexibility index (Phi) is 4.78. The molecule has 0 aromatic heterocycles. The van der Waals surface area contributed by atoms with Crippen LogP contribution in [-0.4, -0.2) is 33.7 Å². The average molecular weight is 281 g/mol. The summed E-state index contributed by atoms with van der Waals surface area (Å²) in [5.41, 5.74) is 13.4. The molecule has 1 aromatic rings. The third-order valence-electron chi connectivity index (χ3n) is 2.66. The van der Waals surface area contributed by atoms with E-state index in [0.717, 1.165) is 5.56 Å². The van der Waals surface area contributed by atoms with Crippen molar-refractivity contribution < 1.29 is 9.30 Å². The van der Waals surface area contributed by atoms with Gasteiger partial charge in [-0.25, -0.2) is 0 Å². The second kappa shape index (κ2) is 5.93. The van der Waals surface area contributed by atoms with Crippen LogP contribution in [0.25, 0.3) is 5.57 Å². The van der Waals surface area contributed by atoms with E-state index < -0.39 is 7.14 Å². The van der Waals surface area contributed by atoms with Crippen molar-refractivity contribution in [3.63, 3.8) is 0 Å². The number of allylic oxidation sites excluding steroid dienone is 1. The van der Waals surface area contributed by atoms with E-state index in [1.165, 1.54) is 13.3 Å². The fourth-order valence-corrected chi connectivity index (χ4v) is 3.31. The monoisotopic (exact) mass is 281 g/mol. The molecule has 0 atom stereocenters. The molecule has 0 saturated heterocycles. The Hall–Kier alpha value is -1.74. The number of nitrogens with zero attached hydrogens (tertiary/aromatic N) is 1. The Morgan fingerprint density at radius 2 is 2.05 bits per heavy atom. The molecule has 0 aliphatic carbocycles. The molecule has 0 fully saturated rings. The van der Waals surface area contributed by atoms with E-state index in [2.05, 4.69) is 4.99 Å². The molecule has 0 bridgehead atoms. The normalized spacial score (nSPS) is 12.9. The molecule has 104 valence electrons. The number of aliphatic imine (C=N–C) groups is 1. The molecule has 19 heavy (non-hydrogen) atoms. The first kappa shape index (κ1) is 15.3. The number of ether oxygens (including phenoxy) is 1. The number of hydrogen-bond donors (Lipinski definition) is 2.